The van der Waals surface area contributed by atoms with Crippen LogP contribution in [0.5, 0.6) is 5.75 Å². The lowest BCUT2D eigenvalue weighted by atomic mass is 9.64. The topological polar surface area (TPSA) is 90.8 Å². The van der Waals surface area contributed by atoms with E-state index in [0.29, 0.717) is 36.6 Å². The molecule has 2 aliphatic carbocycles. The molecule has 174 valence electrons. The highest BCUT2D eigenvalue weighted by Crippen LogP contribution is 2.51. The first-order valence-corrected chi connectivity index (χ1v) is 11.1. The number of benzene rings is 1. The van der Waals surface area contributed by atoms with Crippen LogP contribution in [-0.4, -0.2) is 49.8 Å². The third kappa shape index (κ3) is 4.14. The van der Waals surface area contributed by atoms with Gasteiger partial charge < -0.3 is 10.0 Å². The first-order valence-electron chi connectivity index (χ1n) is 11.1. The highest BCUT2D eigenvalue weighted by atomic mass is 19.4. The minimum Gasteiger partial charge on any atom is -0.507 e. The number of phenolic OH excluding ortho intramolecular Hbond substituents is 1. The molecule has 2 bridgehead atoms. The summed E-state index contributed by atoms with van der Waals surface area (Å²) in [6.45, 7) is 0. The van der Waals surface area contributed by atoms with Crippen LogP contribution in [-0.2, 0) is 0 Å². The fourth-order valence-electron chi connectivity index (χ4n) is 5.59. The number of hydrogen-bond donors (Lipinski definition) is 2. The minimum absolute atomic E-state index is 0.0196. The van der Waals surface area contributed by atoms with Crippen LogP contribution >= 0.6 is 0 Å². The second-order valence-electron chi connectivity index (χ2n) is 9.13. The van der Waals surface area contributed by atoms with Gasteiger partial charge in [0.15, 0.2) is 11.6 Å². The number of phenols is 1. The molecule has 0 radical (unpaired) electrons. The lowest BCUT2D eigenvalue weighted by Gasteiger charge is -2.48. The maximum atomic E-state index is 14.0. The van der Waals surface area contributed by atoms with Crippen LogP contribution in [0.3, 0.4) is 0 Å². The van der Waals surface area contributed by atoms with Gasteiger partial charge in [-0.15, -0.1) is 10.2 Å². The molecule has 0 spiro atoms. The molecule has 0 amide bonds. The van der Waals surface area contributed by atoms with Crippen LogP contribution < -0.4 is 4.90 Å². The molecule has 2 fully saturated rings. The molecule has 3 aromatic rings. The number of nitrogens with one attached hydrogen (secondary N) is 1. The van der Waals surface area contributed by atoms with Crippen LogP contribution in [0.15, 0.2) is 36.8 Å². The Morgan fingerprint density at radius 3 is 2.61 bits per heavy atom. The number of aromatic nitrogens is 5. The van der Waals surface area contributed by atoms with Crippen molar-refractivity contribution >= 4 is 5.82 Å². The van der Waals surface area contributed by atoms with Crippen molar-refractivity contribution in [1.82, 2.24) is 25.4 Å². The molecule has 2 aromatic heterocycles. The Morgan fingerprint density at radius 1 is 1.09 bits per heavy atom. The highest BCUT2D eigenvalue weighted by molar-refractivity contribution is 5.72. The normalized spacial score (nSPS) is 25.1. The van der Waals surface area contributed by atoms with Gasteiger partial charge in [-0.05, 0) is 48.8 Å². The molecule has 10 heteroatoms. The summed E-state index contributed by atoms with van der Waals surface area (Å²) in [5, 5.41) is 25.4. The molecule has 1 aromatic carbocycles. The summed E-state index contributed by atoms with van der Waals surface area (Å²) in [6.07, 6.45) is 4.18. The zero-order chi connectivity index (χ0) is 23.2. The van der Waals surface area contributed by atoms with E-state index in [4.69, 9.17) is 0 Å². The van der Waals surface area contributed by atoms with Crippen LogP contribution in [0.4, 0.5) is 19.0 Å². The van der Waals surface area contributed by atoms with E-state index in [2.05, 4.69) is 25.4 Å². The zero-order valence-corrected chi connectivity index (χ0v) is 18.1. The van der Waals surface area contributed by atoms with Crippen molar-refractivity contribution < 1.29 is 18.3 Å². The van der Waals surface area contributed by atoms with Gasteiger partial charge in [-0.25, -0.2) is 4.98 Å². The van der Waals surface area contributed by atoms with Crippen molar-refractivity contribution in [3.05, 3.63) is 36.8 Å². The molecule has 0 saturated heterocycles. The standard InChI is InChI=1S/C23H25F3N6O/c1-32(18-8-13-3-2-4-15(7-13)21(18)23(24,25)26)20-12-27-22(31-30-20)17-6-5-14(9-19(17)33)16-10-28-29-11-16/h5-6,9-13,15,18,21,33H,2-4,7-8H2,1H3,(H,28,29)/t13-,15+,18+,21-/m0/s1. The van der Waals surface area contributed by atoms with Crippen molar-refractivity contribution in [3.63, 3.8) is 0 Å². The molecule has 2 N–H and O–H groups in total. The second kappa shape index (κ2) is 8.31. The van der Waals surface area contributed by atoms with Gasteiger partial charge in [0, 0.05) is 24.8 Å². The zero-order valence-electron chi connectivity index (χ0n) is 18.1. The number of fused-ring (bicyclic) bond motifs is 2. The Balaban J connectivity index is 1.39. The summed E-state index contributed by atoms with van der Waals surface area (Å²) in [5.41, 5.74) is 1.99. The molecule has 0 unspecified atom stereocenters. The molecule has 2 heterocycles. The predicted octanol–water partition coefficient (Wildman–Crippen LogP) is 4.83. The van der Waals surface area contributed by atoms with E-state index in [-0.39, 0.29) is 17.5 Å². The fraction of sp³-hybridized carbons (Fsp3) is 0.478. The number of anilines is 1. The Bertz CT molecular complexity index is 1100. The van der Waals surface area contributed by atoms with E-state index in [1.807, 2.05) is 0 Å². The molecule has 4 atom stereocenters. The Kier molecular flexibility index (Phi) is 5.46. The average Bonchev–Trinajstić information content (AvgIpc) is 3.32. The number of nitrogens with zero attached hydrogens (tertiary/aromatic N) is 5. The molecule has 5 rings (SSSR count). The largest absolute Gasteiger partial charge is 0.507 e. The van der Waals surface area contributed by atoms with Crippen LogP contribution in [0.25, 0.3) is 22.5 Å². The van der Waals surface area contributed by atoms with Gasteiger partial charge in [0.25, 0.3) is 0 Å². The third-order valence-corrected chi connectivity index (χ3v) is 7.18. The monoisotopic (exact) mass is 458 g/mol. The van der Waals surface area contributed by atoms with Gasteiger partial charge in [-0.2, -0.15) is 18.3 Å². The van der Waals surface area contributed by atoms with E-state index in [0.717, 1.165) is 24.0 Å². The Morgan fingerprint density at radius 2 is 1.94 bits per heavy atom. The van der Waals surface area contributed by atoms with Crippen LogP contribution in [0.1, 0.15) is 32.1 Å². The van der Waals surface area contributed by atoms with E-state index in [1.165, 1.54) is 6.20 Å². The number of rotatable bonds is 4. The van der Waals surface area contributed by atoms with E-state index in [9.17, 15) is 18.3 Å². The molecular formula is C23H25F3N6O. The van der Waals surface area contributed by atoms with Crippen molar-refractivity contribution in [1.29, 1.82) is 0 Å². The molecule has 7 nitrogen and oxygen atoms in total. The van der Waals surface area contributed by atoms with E-state index >= 15 is 0 Å². The molecule has 33 heavy (non-hydrogen) atoms. The highest BCUT2D eigenvalue weighted by Gasteiger charge is 2.54. The van der Waals surface area contributed by atoms with Gasteiger partial charge in [0.05, 0.1) is 23.9 Å². The number of aromatic amines is 1. The summed E-state index contributed by atoms with van der Waals surface area (Å²) in [5.74, 6) is -0.908. The van der Waals surface area contributed by atoms with Crippen molar-refractivity contribution in [3.8, 4) is 28.3 Å². The van der Waals surface area contributed by atoms with E-state index < -0.39 is 18.1 Å². The maximum absolute atomic E-state index is 14.0. The fourth-order valence-corrected chi connectivity index (χ4v) is 5.59. The van der Waals surface area contributed by atoms with Crippen LogP contribution in [0.2, 0.25) is 0 Å². The second-order valence-corrected chi connectivity index (χ2v) is 9.13. The number of hydrogen-bond acceptors (Lipinski definition) is 6. The first kappa shape index (κ1) is 21.7. The van der Waals surface area contributed by atoms with Gasteiger partial charge in [-0.1, -0.05) is 18.9 Å². The Hall–Kier alpha value is -3.17. The van der Waals surface area contributed by atoms with Gasteiger partial charge in [-0.3, -0.25) is 5.10 Å². The summed E-state index contributed by atoms with van der Waals surface area (Å²) in [4.78, 5) is 5.89. The molecular weight excluding hydrogens is 433 g/mol. The molecule has 2 aliphatic rings. The number of alkyl halides is 3. The van der Waals surface area contributed by atoms with Crippen molar-refractivity contribution in [2.45, 2.75) is 44.3 Å². The maximum Gasteiger partial charge on any atom is 0.394 e. The molecule has 0 aliphatic heterocycles. The van der Waals surface area contributed by atoms with Gasteiger partial charge in [0.2, 0.25) is 0 Å². The van der Waals surface area contributed by atoms with Gasteiger partial charge >= 0.3 is 6.18 Å². The lowest BCUT2D eigenvalue weighted by Crippen LogP contribution is -2.53. The van der Waals surface area contributed by atoms with Crippen molar-refractivity contribution in [2.24, 2.45) is 17.8 Å². The number of halogens is 3. The van der Waals surface area contributed by atoms with Crippen molar-refractivity contribution in [2.75, 3.05) is 11.9 Å². The van der Waals surface area contributed by atoms with Crippen LogP contribution in [0, 0.1) is 17.8 Å². The summed E-state index contributed by atoms with van der Waals surface area (Å²) < 4.78 is 42.0. The first-order chi connectivity index (χ1) is 15.8. The lowest BCUT2D eigenvalue weighted by molar-refractivity contribution is -0.208. The predicted molar refractivity (Wildman–Crippen MR) is 116 cm³/mol. The van der Waals surface area contributed by atoms with Gasteiger partial charge in [0.1, 0.15) is 5.75 Å². The summed E-state index contributed by atoms with van der Waals surface area (Å²) in [6, 6.07) is 4.38. The average molecular weight is 458 g/mol. The quantitative estimate of drug-likeness (QED) is 0.582. The SMILES string of the molecule is CN(c1cnc(-c2ccc(-c3cn[nH]c3)cc2O)nn1)[C@@H]1C[C@H]2CCC[C@H](C2)[C@@H]1C(F)(F)F. The molecule has 2 saturated carbocycles. The minimum atomic E-state index is -4.25. The smallest absolute Gasteiger partial charge is 0.394 e. The number of aromatic hydroxyl groups is 1. The van der Waals surface area contributed by atoms with E-state index in [1.54, 1.807) is 42.5 Å². The Labute approximate surface area is 189 Å². The third-order valence-electron chi connectivity index (χ3n) is 7.18. The summed E-state index contributed by atoms with van der Waals surface area (Å²) >= 11 is 0. The summed E-state index contributed by atoms with van der Waals surface area (Å²) in [7, 11) is 1.65. The number of H-pyrrole nitrogens is 1.